The van der Waals surface area contributed by atoms with Gasteiger partial charge in [-0.15, -0.1) is 0 Å². The third-order valence-corrected chi connectivity index (χ3v) is 5.51. The van der Waals surface area contributed by atoms with E-state index < -0.39 is 17.7 Å². The molecule has 0 heterocycles. The molecule has 200 valence electrons. The zero-order valence-corrected chi connectivity index (χ0v) is 23.9. The summed E-state index contributed by atoms with van der Waals surface area (Å²) >= 11 is 3.10. The van der Waals surface area contributed by atoms with Crippen molar-refractivity contribution in [2.75, 3.05) is 23.9 Å². The fourth-order valence-electron chi connectivity index (χ4n) is 3.35. The maximum atomic E-state index is 12.9. The molecule has 0 aliphatic carbocycles. The normalized spacial score (nSPS) is 12.2. The zero-order valence-electron chi connectivity index (χ0n) is 22.3. The van der Waals surface area contributed by atoms with Crippen molar-refractivity contribution in [2.24, 2.45) is 0 Å². The van der Waals surface area contributed by atoms with E-state index in [1.165, 1.54) is 0 Å². The molecule has 0 spiro atoms. The van der Waals surface area contributed by atoms with Crippen LogP contribution in [-0.2, 0) is 19.1 Å². The van der Waals surface area contributed by atoms with E-state index >= 15 is 0 Å². The lowest BCUT2D eigenvalue weighted by molar-refractivity contribution is -0.133. The van der Waals surface area contributed by atoms with Crippen LogP contribution in [0.25, 0.3) is 0 Å². The molecule has 7 nitrogen and oxygen atoms in total. The quantitative estimate of drug-likeness (QED) is 0.322. The van der Waals surface area contributed by atoms with Gasteiger partial charge in [0.15, 0.2) is 5.78 Å². The maximum Gasteiger partial charge on any atom is 0.251 e. The van der Waals surface area contributed by atoms with Crippen molar-refractivity contribution >= 4 is 39.2 Å². The number of ketones is 1. The number of hydrogen-bond donors (Lipinski definition) is 2. The number of alkyl halides is 1. The van der Waals surface area contributed by atoms with E-state index in [0.717, 1.165) is 5.56 Å². The summed E-state index contributed by atoms with van der Waals surface area (Å²) in [5, 5.41) is 5.77. The summed E-state index contributed by atoms with van der Waals surface area (Å²) in [6.45, 7) is 9.54. The van der Waals surface area contributed by atoms with Crippen molar-refractivity contribution in [3.8, 4) is 23.7 Å². The number of amides is 2. The zero-order chi connectivity index (χ0) is 28.1. The summed E-state index contributed by atoms with van der Waals surface area (Å²) in [6, 6.07) is 13.0. The predicted octanol–water partition coefficient (Wildman–Crippen LogP) is 4.33. The number of Topliss-reactive ketones (excluding diaryl/α,β-unsaturated/α-hetero) is 1. The van der Waals surface area contributed by atoms with E-state index in [1.807, 2.05) is 20.8 Å². The lowest BCUT2D eigenvalue weighted by Crippen LogP contribution is -2.51. The molecule has 0 saturated carbocycles. The Balaban J connectivity index is 2.04. The van der Waals surface area contributed by atoms with E-state index in [0.29, 0.717) is 23.4 Å². The van der Waals surface area contributed by atoms with E-state index in [2.05, 4.69) is 50.2 Å². The number of benzene rings is 2. The first-order chi connectivity index (χ1) is 18.0. The Morgan fingerprint density at radius 1 is 0.947 bits per heavy atom. The standard InChI is InChI=1S/C30H33BrN2O5/c1-6-37-20-26(34)28(21(2)38-30(3,4)5)33-29(36)24-15-11-22(12-16-24)9-7-8-10-23-13-17-25(18-14-23)32-27(35)19-31/h11-18,21,28H,6,19-20H2,1-5H3,(H,32,35)(H,33,36)/t21-,28?/m1/s1. The van der Waals surface area contributed by atoms with E-state index in [-0.39, 0.29) is 29.5 Å². The Kier molecular flexibility index (Phi) is 12.2. The molecule has 0 aliphatic heterocycles. The monoisotopic (exact) mass is 580 g/mol. The lowest BCUT2D eigenvalue weighted by Gasteiger charge is -2.30. The minimum absolute atomic E-state index is 0.104. The molecule has 2 N–H and O–H groups in total. The number of nitrogens with one attached hydrogen (secondary N) is 2. The second-order valence-corrected chi connectivity index (χ2v) is 9.89. The Hall–Kier alpha value is -3.43. The van der Waals surface area contributed by atoms with Crippen molar-refractivity contribution in [1.29, 1.82) is 0 Å². The SMILES string of the molecule is CCOCC(=O)C(NC(=O)c1ccc(C#CC#Cc2ccc(NC(=O)CBr)cc2)cc1)[C@@H](C)OC(C)(C)C. The van der Waals surface area contributed by atoms with Crippen LogP contribution in [0.3, 0.4) is 0 Å². The minimum Gasteiger partial charge on any atom is -0.374 e. The molecule has 2 aromatic rings. The average molecular weight is 582 g/mol. The minimum atomic E-state index is -0.849. The van der Waals surface area contributed by atoms with Gasteiger partial charge in [0, 0.05) is 29.0 Å². The van der Waals surface area contributed by atoms with Gasteiger partial charge in [0.05, 0.1) is 17.0 Å². The summed E-state index contributed by atoms with van der Waals surface area (Å²) in [7, 11) is 0. The highest BCUT2D eigenvalue weighted by Crippen LogP contribution is 2.15. The summed E-state index contributed by atoms with van der Waals surface area (Å²) in [5.74, 6) is 10.7. The number of ether oxygens (including phenoxy) is 2. The highest BCUT2D eigenvalue weighted by molar-refractivity contribution is 9.09. The second-order valence-electron chi connectivity index (χ2n) is 9.33. The van der Waals surface area contributed by atoms with Crippen LogP contribution in [0.4, 0.5) is 5.69 Å². The third kappa shape index (κ3) is 10.9. The molecule has 0 saturated heterocycles. The van der Waals surface area contributed by atoms with Crippen LogP contribution in [-0.4, -0.2) is 53.9 Å². The summed E-state index contributed by atoms with van der Waals surface area (Å²) in [6.07, 6.45) is -0.542. The molecule has 38 heavy (non-hydrogen) atoms. The van der Waals surface area contributed by atoms with E-state index in [4.69, 9.17) is 9.47 Å². The van der Waals surface area contributed by atoms with Crippen molar-refractivity contribution in [1.82, 2.24) is 5.32 Å². The third-order valence-electron chi connectivity index (χ3n) is 5.00. The molecular formula is C30H33BrN2O5. The van der Waals surface area contributed by atoms with Crippen LogP contribution in [0, 0.1) is 23.7 Å². The molecule has 0 fully saturated rings. The Morgan fingerprint density at radius 2 is 1.50 bits per heavy atom. The maximum absolute atomic E-state index is 12.9. The van der Waals surface area contributed by atoms with Gasteiger partial charge in [0.1, 0.15) is 12.6 Å². The van der Waals surface area contributed by atoms with Gasteiger partial charge in [0.2, 0.25) is 5.91 Å². The number of carbonyl (C=O) groups is 3. The predicted molar refractivity (Wildman–Crippen MR) is 152 cm³/mol. The lowest BCUT2D eigenvalue weighted by atomic mass is 10.0. The first-order valence-electron chi connectivity index (χ1n) is 12.2. The van der Waals surface area contributed by atoms with Gasteiger partial charge in [-0.1, -0.05) is 27.8 Å². The molecule has 2 rings (SSSR count). The van der Waals surface area contributed by atoms with E-state index in [1.54, 1.807) is 62.4 Å². The molecule has 2 amide bonds. The molecular weight excluding hydrogens is 548 g/mol. The van der Waals surface area contributed by atoms with Crippen molar-refractivity contribution < 1.29 is 23.9 Å². The van der Waals surface area contributed by atoms with Crippen LogP contribution in [0.5, 0.6) is 0 Å². The number of anilines is 1. The van der Waals surface area contributed by atoms with Crippen molar-refractivity contribution in [3.63, 3.8) is 0 Å². The average Bonchev–Trinajstić information content (AvgIpc) is 2.88. The van der Waals surface area contributed by atoms with Crippen LogP contribution in [0.15, 0.2) is 48.5 Å². The summed E-state index contributed by atoms with van der Waals surface area (Å²) in [4.78, 5) is 37.0. The first-order valence-corrected chi connectivity index (χ1v) is 13.3. The van der Waals surface area contributed by atoms with Gasteiger partial charge in [-0.3, -0.25) is 14.4 Å². The highest BCUT2D eigenvalue weighted by Gasteiger charge is 2.30. The van der Waals surface area contributed by atoms with Gasteiger partial charge < -0.3 is 20.1 Å². The number of carbonyl (C=O) groups excluding carboxylic acids is 3. The summed E-state index contributed by atoms with van der Waals surface area (Å²) in [5.41, 5.74) is 2.06. The highest BCUT2D eigenvalue weighted by atomic mass is 79.9. The molecule has 0 bridgehead atoms. The number of halogens is 1. The topological polar surface area (TPSA) is 93.7 Å². The smallest absolute Gasteiger partial charge is 0.251 e. The van der Waals surface area contributed by atoms with Gasteiger partial charge in [-0.25, -0.2) is 0 Å². The van der Waals surface area contributed by atoms with Crippen LogP contribution < -0.4 is 10.6 Å². The first kappa shape index (κ1) is 30.8. The second kappa shape index (κ2) is 15.1. The Labute approximate surface area is 233 Å². The van der Waals surface area contributed by atoms with Crippen molar-refractivity contribution in [2.45, 2.75) is 52.4 Å². The van der Waals surface area contributed by atoms with Crippen LogP contribution in [0.2, 0.25) is 0 Å². The van der Waals surface area contributed by atoms with Gasteiger partial charge in [0.25, 0.3) is 5.91 Å². The molecule has 2 atom stereocenters. The van der Waals surface area contributed by atoms with Crippen molar-refractivity contribution in [3.05, 3.63) is 65.2 Å². The van der Waals surface area contributed by atoms with Crippen LogP contribution in [0.1, 0.15) is 56.1 Å². The molecule has 8 heteroatoms. The fraction of sp³-hybridized carbons (Fsp3) is 0.367. The molecule has 0 aromatic heterocycles. The summed E-state index contributed by atoms with van der Waals surface area (Å²) < 4.78 is 11.2. The Morgan fingerprint density at radius 3 is 2.00 bits per heavy atom. The molecule has 0 radical (unpaired) electrons. The largest absolute Gasteiger partial charge is 0.374 e. The number of rotatable bonds is 10. The fourth-order valence-corrected chi connectivity index (χ4v) is 3.49. The van der Waals surface area contributed by atoms with Gasteiger partial charge in [-0.2, -0.15) is 0 Å². The Bertz CT molecular complexity index is 1230. The van der Waals surface area contributed by atoms with E-state index in [9.17, 15) is 14.4 Å². The van der Waals surface area contributed by atoms with Crippen LogP contribution >= 0.6 is 15.9 Å². The molecule has 2 aromatic carbocycles. The van der Waals surface area contributed by atoms with Gasteiger partial charge in [-0.05, 0) is 95.0 Å². The molecule has 1 unspecified atom stereocenters. The van der Waals surface area contributed by atoms with Gasteiger partial charge >= 0.3 is 0 Å². The number of hydrogen-bond acceptors (Lipinski definition) is 5. The molecule has 0 aliphatic rings.